The Bertz CT molecular complexity index is 722. The number of alkyl halides is 1. The molecule has 8 heteroatoms. The summed E-state index contributed by atoms with van der Waals surface area (Å²) in [6.07, 6.45) is 4.58. The van der Waals surface area contributed by atoms with Gasteiger partial charge < -0.3 is 4.57 Å². The Morgan fingerprint density at radius 2 is 2.15 bits per heavy atom. The lowest BCUT2D eigenvalue weighted by atomic mass is 10.2. The summed E-state index contributed by atoms with van der Waals surface area (Å²) in [6.45, 7) is 0. The van der Waals surface area contributed by atoms with Crippen LogP contribution in [0.2, 0.25) is 0 Å². The van der Waals surface area contributed by atoms with Crippen LogP contribution in [0.25, 0.3) is 17.0 Å². The lowest BCUT2D eigenvalue weighted by Crippen LogP contribution is -1.96. The topological polar surface area (TPSA) is 60.9 Å². The van der Waals surface area contributed by atoms with Gasteiger partial charge in [-0.15, -0.1) is 32.0 Å². The first-order valence-electron chi connectivity index (χ1n) is 6.17. The molecule has 0 aliphatic carbocycles. The highest BCUT2D eigenvalue weighted by Crippen LogP contribution is 2.23. The zero-order chi connectivity index (χ0) is 13.9. The number of rotatable bonds is 5. The summed E-state index contributed by atoms with van der Waals surface area (Å²) in [7, 11) is 1.97. The van der Waals surface area contributed by atoms with E-state index in [1.54, 1.807) is 18.1 Å². The second-order valence-corrected chi connectivity index (χ2v) is 5.71. The Morgan fingerprint density at radius 1 is 1.25 bits per heavy atom. The maximum atomic E-state index is 5.68. The van der Waals surface area contributed by atoms with Crippen molar-refractivity contribution >= 4 is 29.0 Å². The van der Waals surface area contributed by atoms with Crippen LogP contribution in [0.4, 0.5) is 0 Å². The molecule has 3 aromatic rings. The number of pyridine rings is 1. The molecule has 0 bridgehead atoms. The fraction of sp³-hybridized carbons (Fsp3) is 0.333. The molecule has 3 rings (SSSR count). The van der Waals surface area contributed by atoms with Crippen LogP contribution in [0.1, 0.15) is 6.42 Å². The molecule has 0 aliphatic rings. The zero-order valence-electron chi connectivity index (χ0n) is 10.9. The molecule has 3 aromatic heterocycles. The highest BCUT2D eigenvalue weighted by atomic mass is 35.5. The fourth-order valence-corrected chi connectivity index (χ4v) is 3.01. The van der Waals surface area contributed by atoms with E-state index in [4.69, 9.17) is 11.6 Å². The minimum absolute atomic E-state index is 0.669. The van der Waals surface area contributed by atoms with Crippen LogP contribution in [0, 0.1) is 0 Å². The Labute approximate surface area is 125 Å². The number of hydrogen-bond acceptors (Lipinski definition) is 5. The first-order chi connectivity index (χ1) is 9.79. The number of thioether (sulfide) groups is 1. The third-order valence-corrected chi connectivity index (χ3v) is 4.27. The van der Waals surface area contributed by atoms with Gasteiger partial charge in [0.1, 0.15) is 6.33 Å². The molecule has 20 heavy (non-hydrogen) atoms. The average molecular weight is 309 g/mol. The normalized spacial score (nSPS) is 11.3. The minimum Gasteiger partial charge on any atom is -0.305 e. The Hall–Kier alpha value is -1.60. The minimum atomic E-state index is 0.669. The van der Waals surface area contributed by atoms with Crippen LogP contribution in [0.3, 0.4) is 0 Å². The highest BCUT2D eigenvalue weighted by molar-refractivity contribution is 7.99. The zero-order valence-corrected chi connectivity index (χ0v) is 12.5. The van der Waals surface area contributed by atoms with Gasteiger partial charge >= 0.3 is 0 Å². The van der Waals surface area contributed by atoms with E-state index >= 15 is 0 Å². The third-order valence-electron chi connectivity index (χ3n) is 2.89. The van der Waals surface area contributed by atoms with Crippen molar-refractivity contribution in [3.63, 3.8) is 0 Å². The predicted octanol–water partition coefficient (Wildman–Crippen LogP) is 2.25. The van der Waals surface area contributed by atoms with Gasteiger partial charge in [-0.25, -0.2) is 0 Å². The van der Waals surface area contributed by atoms with Gasteiger partial charge in [-0.3, -0.25) is 4.40 Å². The summed E-state index contributed by atoms with van der Waals surface area (Å²) >= 11 is 7.35. The number of halogens is 1. The Balaban J connectivity index is 1.89. The van der Waals surface area contributed by atoms with Crippen molar-refractivity contribution < 1.29 is 0 Å². The van der Waals surface area contributed by atoms with Crippen molar-refractivity contribution in [3.8, 4) is 11.4 Å². The molecule has 0 fully saturated rings. The van der Waals surface area contributed by atoms with E-state index in [-0.39, 0.29) is 0 Å². The van der Waals surface area contributed by atoms with Crippen LogP contribution >= 0.6 is 23.4 Å². The van der Waals surface area contributed by atoms with E-state index in [0.29, 0.717) is 5.88 Å². The molecule has 0 aliphatic heterocycles. The van der Waals surface area contributed by atoms with Crippen molar-refractivity contribution in [2.45, 2.75) is 11.6 Å². The number of hydrogen-bond donors (Lipinski definition) is 0. The van der Waals surface area contributed by atoms with Gasteiger partial charge in [-0.1, -0.05) is 11.8 Å². The smallest absolute Gasteiger partial charge is 0.191 e. The van der Waals surface area contributed by atoms with E-state index in [1.165, 1.54) is 0 Å². The van der Waals surface area contributed by atoms with E-state index < -0.39 is 0 Å². The average Bonchev–Trinajstić information content (AvgIpc) is 3.05. The maximum Gasteiger partial charge on any atom is 0.191 e. The van der Waals surface area contributed by atoms with Crippen LogP contribution in [-0.2, 0) is 7.05 Å². The van der Waals surface area contributed by atoms with Gasteiger partial charge in [-0.05, 0) is 18.6 Å². The van der Waals surface area contributed by atoms with Crippen LogP contribution in [0.15, 0.2) is 29.8 Å². The van der Waals surface area contributed by atoms with Crippen molar-refractivity contribution in [2.75, 3.05) is 11.6 Å². The fourth-order valence-electron chi connectivity index (χ4n) is 1.87. The second kappa shape index (κ2) is 5.80. The van der Waals surface area contributed by atoms with E-state index in [0.717, 1.165) is 34.4 Å². The highest BCUT2D eigenvalue weighted by Gasteiger charge is 2.11. The summed E-state index contributed by atoms with van der Waals surface area (Å²) in [5.41, 5.74) is 1.80. The lowest BCUT2D eigenvalue weighted by molar-refractivity contribution is 0.792. The summed E-state index contributed by atoms with van der Waals surface area (Å²) in [4.78, 5) is 0. The molecular formula is C12H13ClN6S. The molecule has 104 valence electrons. The largest absolute Gasteiger partial charge is 0.305 e. The number of aromatic nitrogens is 6. The van der Waals surface area contributed by atoms with Gasteiger partial charge in [0, 0.05) is 30.4 Å². The van der Waals surface area contributed by atoms with E-state index in [9.17, 15) is 0 Å². The summed E-state index contributed by atoms with van der Waals surface area (Å²) < 4.78 is 3.86. The second-order valence-electron chi connectivity index (χ2n) is 4.27. The van der Waals surface area contributed by atoms with E-state index in [2.05, 4.69) is 20.4 Å². The molecule has 0 radical (unpaired) electrons. The molecule has 6 nitrogen and oxygen atoms in total. The first kappa shape index (κ1) is 13.4. The molecule has 0 spiro atoms. The molecule has 0 atom stereocenters. The van der Waals surface area contributed by atoms with Gasteiger partial charge in [0.05, 0.1) is 0 Å². The van der Waals surface area contributed by atoms with Crippen molar-refractivity contribution in [1.82, 2.24) is 29.4 Å². The molecule has 0 aromatic carbocycles. The molecule has 0 amide bonds. The SMILES string of the molecule is Cn1c(SCCCCl)nnc1-c1ccc2nncn2c1. The van der Waals surface area contributed by atoms with Crippen molar-refractivity contribution in [2.24, 2.45) is 7.05 Å². The monoisotopic (exact) mass is 308 g/mol. The first-order valence-corrected chi connectivity index (χ1v) is 7.69. The van der Waals surface area contributed by atoms with Gasteiger partial charge in [-0.2, -0.15) is 0 Å². The predicted molar refractivity (Wildman–Crippen MR) is 79.0 cm³/mol. The Kier molecular flexibility index (Phi) is 3.88. The van der Waals surface area contributed by atoms with Crippen LogP contribution in [-0.4, -0.2) is 41.0 Å². The quantitative estimate of drug-likeness (QED) is 0.411. The van der Waals surface area contributed by atoms with Crippen molar-refractivity contribution in [3.05, 3.63) is 24.7 Å². The Morgan fingerprint density at radius 3 is 3.00 bits per heavy atom. The molecule has 0 saturated heterocycles. The van der Waals surface area contributed by atoms with E-state index in [1.807, 2.05) is 34.3 Å². The molecule has 0 N–H and O–H groups in total. The molecular weight excluding hydrogens is 296 g/mol. The number of fused-ring (bicyclic) bond motifs is 1. The summed E-state index contributed by atoms with van der Waals surface area (Å²) in [5.74, 6) is 2.44. The van der Waals surface area contributed by atoms with Gasteiger partial charge in [0.15, 0.2) is 16.6 Å². The molecule has 0 saturated carbocycles. The third kappa shape index (κ3) is 2.51. The molecule has 0 unspecified atom stereocenters. The van der Waals surface area contributed by atoms with Gasteiger partial charge in [0.2, 0.25) is 0 Å². The lowest BCUT2D eigenvalue weighted by Gasteiger charge is -2.03. The van der Waals surface area contributed by atoms with Crippen molar-refractivity contribution in [1.29, 1.82) is 0 Å². The van der Waals surface area contributed by atoms with Crippen LogP contribution in [0.5, 0.6) is 0 Å². The summed E-state index contributed by atoms with van der Waals surface area (Å²) in [6, 6.07) is 3.89. The molecule has 3 heterocycles. The standard InChI is InChI=1S/C12H13ClN6S/c1-18-11(16-17-12(18)20-6-2-5-13)9-3-4-10-15-14-8-19(10)7-9/h3-4,7-8H,2,5-6H2,1H3. The van der Waals surface area contributed by atoms with Gasteiger partial charge in [0.25, 0.3) is 0 Å². The summed E-state index contributed by atoms with van der Waals surface area (Å²) in [5, 5.41) is 17.2. The number of nitrogens with zero attached hydrogens (tertiary/aromatic N) is 6. The van der Waals surface area contributed by atoms with Crippen LogP contribution < -0.4 is 0 Å². The maximum absolute atomic E-state index is 5.68.